The molecule has 0 aliphatic heterocycles. The number of benzene rings is 4. The maximum absolute atomic E-state index is 4.55. The molecule has 4 aromatic rings. The maximum Gasteiger partial charge on any atom is 0.0119 e. The lowest BCUT2D eigenvalue weighted by molar-refractivity contribution is 1.57. The zero-order chi connectivity index (χ0) is 12.8. The van der Waals surface area contributed by atoms with Gasteiger partial charge in [-0.3, -0.25) is 0 Å². The van der Waals surface area contributed by atoms with E-state index in [1.165, 1.54) is 32.3 Å². The van der Waals surface area contributed by atoms with Crippen LogP contribution in [-0.2, 0) is 0 Å². The van der Waals surface area contributed by atoms with Gasteiger partial charge in [-0.25, -0.2) is 0 Å². The molecule has 0 radical (unpaired) electrons. The van der Waals surface area contributed by atoms with Crippen molar-refractivity contribution in [2.45, 2.75) is 4.90 Å². The highest BCUT2D eigenvalue weighted by Crippen LogP contribution is 2.30. The normalized spacial score (nSPS) is 11.4. The van der Waals surface area contributed by atoms with Gasteiger partial charge in [-0.15, -0.1) is 12.6 Å². The van der Waals surface area contributed by atoms with Crippen LogP contribution in [0.1, 0.15) is 0 Å². The van der Waals surface area contributed by atoms with Crippen molar-refractivity contribution in [2.24, 2.45) is 0 Å². The van der Waals surface area contributed by atoms with E-state index >= 15 is 0 Å². The third-order valence-electron chi connectivity index (χ3n) is 3.68. The summed E-state index contributed by atoms with van der Waals surface area (Å²) < 4.78 is 0. The van der Waals surface area contributed by atoms with Gasteiger partial charge in [0.05, 0.1) is 0 Å². The van der Waals surface area contributed by atoms with Crippen molar-refractivity contribution in [3.8, 4) is 0 Å². The smallest absolute Gasteiger partial charge is 0.0119 e. The molecule has 0 nitrogen and oxygen atoms in total. The van der Waals surface area contributed by atoms with Crippen LogP contribution in [0.25, 0.3) is 32.3 Å². The molecule has 0 bridgehead atoms. The van der Waals surface area contributed by atoms with Gasteiger partial charge in [0.15, 0.2) is 0 Å². The van der Waals surface area contributed by atoms with E-state index in [4.69, 9.17) is 0 Å². The highest BCUT2D eigenvalue weighted by molar-refractivity contribution is 7.80. The molecule has 0 heterocycles. The predicted octanol–water partition coefficient (Wildman–Crippen LogP) is 5.43. The summed E-state index contributed by atoms with van der Waals surface area (Å²) >= 11 is 4.55. The Hall–Kier alpha value is -1.99. The van der Waals surface area contributed by atoms with Gasteiger partial charge < -0.3 is 0 Å². The fraction of sp³-hybridized carbons (Fsp3) is 0. The van der Waals surface area contributed by atoms with Gasteiger partial charge in [0.25, 0.3) is 0 Å². The number of hydrogen-bond acceptors (Lipinski definition) is 1. The quantitative estimate of drug-likeness (QED) is 0.316. The van der Waals surface area contributed by atoms with E-state index in [2.05, 4.69) is 73.3 Å². The van der Waals surface area contributed by atoms with Crippen molar-refractivity contribution in [3.63, 3.8) is 0 Å². The first kappa shape index (κ1) is 10.9. The predicted molar refractivity (Wildman–Crippen MR) is 86.2 cm³/mol. The second kappa shape index (κ2) is 4.01. The summed E-state index contributed by atoms with van der Waals surface area (Å²) in [5.74, 6) is 0. The van der Waals surface area contributed by atoms with Gasteiger partial charge in [-0.1, -0.05) is 36.4 Å². The van der Waals surface area contributed by atoms with Gasteiger partial charge in [-0.2, -0.15) is 0 Å². The van der Waals surface area contributed by atoms with Gasteiger partial charge in [0.1, 0.15) is 0 Å². The van der Waals surface area contributed by atoms with Crippen molar-refractivity contribution in [1.29, 1.82) is 0 Å². The standard InChI is InChI=1S/C18H12S/c19-18-7-3-6-14-10-15-8-12-4-1-2-5-13(12)9-16(15)11-17(14)18/h1-11,19H. The Bertz CT molecular complexity index is 922. The Morgan fingerprint density at radius 3 is 1.84 bits per heavy atom. The van der Waals surface area contributed by atoms with E-state index in [0.29, 0.717) is 0 Å². The molecule has 4 aromatic carbocycles. The molecule has 0 unspecified atom stereocenters. The van der Waals surface area contributed by atoms with Crippen LogP contribution in [0.15, 0.2) is 71.6 Å². The highest BCUT2D eigenvalue weighted by atomic mass is 32.1. The molecule has 1 heteroatoms. The van der Waals surface area contributed by atoms with Crippen LogP contribution in [-0.4, -0.2) is 0 Å². The lowest BCUT2D eigenvalue weighted by Gasteiger charge is -2.06. The molecule has 90 valence electrons. The molecule has 0 aromatic heterocycles. The lowest BCUT2D eigenvalue weighted by atomic mass is 10.00. The molecule has 0 fully saturated rings. The van der Waals surface area contributed by atoms with Crippen molar-refractivity contribution >= 4 is 44.9 Å². The summed E-state index contributed by atoms with van der Waals surface area (Å²) in [4.78, 5) is 1.03. The summed E-state index contributed by atoms with van der Waals surface area (Å²) in [7, 11) is 0. The number of thiol groups is 1. The minimum atomic E-state index is 1.03. The van der Waals surface area contributed by atoms with Crippen LogP contribution in [0.5, 0.6) is 0 Å². The first-order chi connectivity index (χ1) is 9.31. The van der Waals surface area contributed by atoms with Crippen LogP contribution >= 0.6 is 12.6 Å². The fourth-order valence-corrected chi connectivity index (χ4v) is 2.98. The Labute approximate surface area is 117 Å². The summed E-state index contributed by atoms with van der Waals surface area (Å²) in [6.07, 6.45) is 0. The van der Waals surface area contributed by atoms with Gasteiger partial charge in [-0.05, 0) is 62.6 Å². The molecule has 0 saturated carbocycles. The van der Waals surface area contributed by atoms with E-state index in [1.807, 2.05) is 6.07 Å². The van der Waals surface area contributed by atoms with Crippen LogP contribution < -0.4 is 0 Å². The van der Waals surface area contributed by atoms with Crippen LogP contribution in [0.4, 0.5) is 0 Å². The summed E-state index contributed by atoms with van der Waals surface area (Å²) in [5, 5.41) is 7.59. The molecule has 0 N–H and O–H groups in total. The average Bonchev–Trinajstić information content (AvgIpc) is 2.44. The molecular formula is C18H12S. The molecule has 0 saturated heterocycles. The molecule has 4 rings (SSSR count). The van der Waals surface area contributed by atoms with E-state index in [-0.39, 0.29) is 0 Å². The monoisotopic (exact) mass is 260 g/mol. The van der Waals surface area contributed by atoms with Crippen molar-refractivity contribution in [1.82, 2.24) is 0 Å². The fourth-order valence-electron chi connectivity index (χ4n) is 2.70. The summed E-state index contributed by atoms with van der Waals surface area (Å²) in [6, 6.07) is 23.7. The number of hydrogen-bond donors (Lipinski definition) is 1. The van der Waals surface area contributed by atoms with E-state index in [9.17, 15) is 0 Å². The van der Waals surface area contributed by atoms with E-state index < -0.39 is 0 Å². The first-order valence-electron chi connectivity index (χ1n) is 6.35. The van der Waals surface area contributed by atoms with Gasteiger partial charge >= 0.3 is 0 Å². The third-order valence-corrected chi connectivity index (χ3v) is 4.07. The Kier molecular flexibility index (Phi) is 2.30. The van der Waals surface area contributed by atoms with Crippen LogP contribution in [0.2, 0.25) is 0 Å². The minimum Gasteiger partial charge on any atom is -0.143 e. The zero-order valence-electron chi connectivity index (χ0n) is 10.3. The minimum absolute atomic E-state index is 1.03. The van der Waals surface area contributed by atoms with Crippen LogP contribution in [0.3, 0.4) is 0 Å². The molecule has 0 amide bonds. The number of fused-ring (bicyclic) bond motifs is 3. The molecule has 0 aliphatic rings. The summed E-state index contributed by atoms with van der Waals surface area (Å²) in [6.45, 7) is 0. The SMILES string of the molecule is Sc1cccc2cc3cc4ccccc4cc3cc12. The maximum atomic E-state index is 4.55. The molecule has 0 spiro atoms. The number of rotatable bonds is 0. The molecule has 0 aliphatic carbocycles. The van der Waals surface area contributed by atoms with Gasteiger partial charge in [0, 0.05) is 4.90 Å². The third kappa shape index (κ3) is 1.70. The second-order valence-electron chi connectivity index (χ2n) is 4.90. The second-order valence-corrected chi connectivity index (χ2v) is 5.38. The zero-order valence-corrected chi connectivity index (χ0v) is 11.2. The molecule has 0 atom stereocenters. The van der Waals surface area contributed by atoms with Crippen molar-refractivity contribution < 1.29 is 0 Å². The Morgan fingerprint density at radius 1 is 0.526 bits per heavy atom. The van der Waals surface area contributed by atoms with Crippen LogP contribution in [0, 0.1) is 0 Å². The molecular weight excluding hydrogens is 248 g/mol. The highest BCUT2D eigenvalue weighted by Gasteiger charge is 2.02. The first-order valence-corrected chi connectivity index (χ1v) is 6.80. The van der Waals surface area contributed by atoms with Gasteiger partial charge in [0.2, 0.25) is 0 Å². The average molecular weight is 260 g/mol. The molecule has 19 heavy (non-hydrogen) atoms. The van der Waals surface area contributed by atoms with Crippen molar-refractivity contribution in [2.75, 3.05) is 0 Å². The Balaban J connectivity index is 2.20. The largest absolute Gasteiger partial charge is 0.143 e. The topological polar surface area (TPSA) is 0 Å². The summed E-state index contributed by atoms with van der Waals surface area (Å²) in [5.41, 5.74) is 0. The van der Waals surface area contributed by atoms with E-state index in [1.54, 1.807) is 0 Å². The van der Waals surface area contributed by atoms with E-state index in [0.717, 1.165) is 4.90 Å². The van der Waals surface area contributed by atoms with Crippen molar-refractivity contribution in [3.05, 3.63) is 66.7 Å². The Morgan fingerprint density at radius 2 is 1.11 bits per heavy atom. The lowest BCUT2D eigenvalue weighted by Crippen LogP contribution is -1.79.